The van der Waals surface area contributed by atoms with Crippen LogP contribution in [0.5, 0.6) is 0 Å². The zero-order valence-electron chi connectivity index (χ0n) is 11.2. The van der Waals surface area contributed by atoms with Gasteiger partial charge in [-0.1, -0.05) is 24.9 Å². The summed E-state index contributed by atoms with van der Waals surface area (Å²) < 4.78 is 10.9. The van der Waals surface area contributed by atoms with E-state index in [0.29, 0.717) is 11.7 Å². The van der Waals surface area contributed by atoms with Gasteiger partial charge in [0.15, 0.2) is 11.6 Å². The van der Waals surface area contributed by atoms with Crippen LogP contribution in [0.4, 0.5) is 0 Å². The molecule has 3 heterocycles. The molecule has 0 aromatic carbocycles. The van der Waals surface area contributed by atoms with Crippen molar-refractivity contribution in [2.45, 2.75) is 45.1 Å². The Morgan fingerprint density at radius 1 is 1.32 bits per heavy atom. The van der Waals surface area contributed by atoms with Gasteiger partial charge in [-0.15, -0.1) is 0 Å². The zero-order valence-corrected chi connectivity index (χ0v) is 11.2. The van der Waals surface area contributed by atoms with E-state index in [-0.39, 0.29) is 6.04 Å². The van der Waals surface area contributed by atoms with Crippen molar-refractivity contribution in [2.24, 2.45) is 0 Å². The van der Waals surface area contributed by atoms with Gasteiger partial charge in [0.2, 0.25) is 0 Å². The highest BCUT2D eigenvalue weighted by atomic mass is 16.5. The van der Waals surface area contributed by atoms with E-state index in [1.54, 1.807) is 0 Å². The molecule has 1 atom stereocenters. The fourth-order valence-electron chi connectivity index (χ4n) is 2.41. The standard InChI is InChI=1S/C14H19N3O2/c1-2-10-7-8-12(18-10)14-16-13(17-19-14)11-6-4-3-5-9-15-11/h7-8,11,15H,2-6,9H2,1H3. The fraction of sp³-hybridized carbons (Fsp3) is 0.571. The lowest BCUT2D eigenvalue weighted by Gasteiger charge is -2.09. The van der Waals surface area contributed by atoms with Crippen LogP contribution >= 0.6 is 0 Å². The van der Waals surface area contributed by atoms with Crippen LogP contribution in [0.1, 0.15) is 50.2 Å². The summed E-state index contributed by atoms with van der Waals surface area (Å²) in [5.41, 5.74) is 0. The van der Waals surface area contributed by atoms with E-state index >= 15 is 0 Å². The molecule has 5 nitrogen and oxygen atoms in total. The Hall–Kier alpha value is -1.62. The van der Waals surface area contributed by atoms with Gasteiger partial charge in [0.1, 0.15) is 5.76 Å². The maximum absolute atomic E-state index is 5.63. The predicted octanol–water partition coefficient (Wildman–Crippen LogP) is 3.10. The zero-order chi connectivity index (χ0) is 13.1. The molecule has 2 aromatic rings. The van der Waals surface area contributed by atoms with E-state index in [4.69, 9.17) is 8.94 Å². The minimum atomic E-state index is 0.209. The molecule has 1 saturated heterocycles. The van der Waals surface area contributed by atoms with Gasteiger partial charge in [-0.25, -0.2) is 0 Å². The van der Waals surface area contributed by atoms with Crippen LogP contribution in [0.3, 0.4) is 0 Å². The Balaban J connectivity index is 1.78. The molecule has 1 fully saturated rings. The van der Waals surface area contributed by atoms with Crippen molar-refractivity contribution in [2.75, 3.05) is 6.54 Å². The van der Waals surface area contributed by atoms with E-state index in [1.807, 2.05) is 12.1 Å². The smallest absolute Gasteiger partial charge is 0.293 e. The lowest BCUT2D eigenvalue weighted by Crippen LogP contribution is -2.21. The number of aromatic nitrogens is 2. The van der Waals surface area contributed by atoms with E-state index < -0.39 is 0 Å². The predicted molar refractivity (Wildman–Crippen MR) is 70.6 cm³/mol. The lowest BCUT2D eigenvalue weighted by molar-refractivity contribution is 0.391. The average Bonchev–Trinajstić information content (AvgIpc) is 3.02. The van der Waals surface area contributed by atoms with Crippen molar-refractivity contribution >= 4 is 0 Å². The Kier molecular flexibility index (Phi) is 3.64. The number of nitrogens with one attached hydrogen (secondary N) is 1. The summed E-state index contributed by atoms with van der Waals surface area (Å²) in [6, 6.07) is 4.04. The molecule has 1 unspecified atom stereocenters. The summed E-state index contributed by atoms with van der Waals surface area (Å²) in [5.74, 6) is 2.80. The van der Waals surface area contributed by atoms with Gasteiger partial charge in [-0.2, -0.15) is 4.98 Å². The lowest BCUT2D eigenvalue weighted by atomic mass is 10.1. The molecule has 1 aliphatic rings. The van der Waals surface area contributed by atoms with Crippen LogP contribution in [-0.2, 0) is 6.42 Å². The first-order valence-corrected chi connectivity index (χ1v) is 7.03. The van der Waals surface area contributed by atoms with Gasteiger partial charge in [0, 0.05) is 6.42 Å². The van der Waals surface area contributed by atoms with Crippen LogP contribution in [0.2, 0.25) is 0 Å². The SMILES string of the molecule is CCc1ccc(-c2nc(C3CCCCCN3)no2)o1. The highest BCUT2D eigenvalue weighted by Crippen LogP contribution is 2.25. The number of rotatable bonds is 3. The van der Waals surface area contributed by atoms with Gasteiger partial charge in [-0.05, 0) is 31.5 Å². The highest BCUT2D eigenvalue weighted by molar-refractivity contribution is 5.44. The monoisotopic (exact) mass is 261 g/mol. The molecule has 0 radical (unpaired) electrons. The van der Waals surface area contributed by atoms with Gasteiger partial charge >= 0.3 is 0 Å². The van der Waals surface area contributed by atoms with E-state index in [0.717, 1.165) is 31.0 Å². The number of aryl methyl sites for hydroxylation is 1. The molecule has 3 rings (SSSR count). The Bertz CT molecular complexity index is 524. The average molecular weight is 261 g/mol. The maximum Gasteiger partial charge on any atom is 0.293 e. The summed E-state index contributed by atoms with van der Waals surface area (Å²) in [5, 5.41) is 7.55. The van der Waals surface area contributed by atoms with Crippen molar-refractivity contribution in [1.82, 2.24) is 15.5 Å². The molecule has 19 heavy (non-hydrogen) atoms. The summed E-state index contributed by atoms with van der Waals surface area (Å²) in [6.07, 6.45) is 5.64. The molecule has 0 amide bonds. The molecule has 0 spiro atoms. The second-order valence-electron chi connectivity index (χ2n) is 4.93. The van der Waals surface area contributed by atoms with E-state index in [2.05, 4.69) is 22.4 Å². The van der Waals surface area contributed by atoms with Gasteiger partial charge < -0.3 is 14.3 Å². The van der Waals surface area contributed by atoms with Gasteiger partial charge in [-0.3, -0.25) is 0 Å². The largest absolute Gasteiger partial charge is 0.456 e. The summed E-state index contributed by atoms with van der Waals surface area (Å²) in [6.45, 7) is 3.08. The molecular weight excluding hydrogens is 242 g/mol. The number of furan rings is 1. The first kappa shape index (κ1) is 12.4. The number of hydrogen-bond acceptors (Lipinski definition) is 5. The Morgan fingerprint density at radius 2 is 2.26 bits per heavy atom. The second-order valence-corrected chi connectivity index (χ2v) is 4.93. The Morgan fingerprint density at radius 3 is 3.11 bits per heavy atom. The number of hydrogen-bond donors (Lipinski definition) is 1. The van der Waals surface area contributed by atoms with E-state index in [1.165, 1.54) is 19.3 Å². The molecule has 0 saturated carbocycles. The van der Waals surface area contributed by atoms with Crippen LogP contribution < -0.4 is 5.32 Å². The molecule has 2 aromatic heterocycles. The quantitative estimate of drug-likeness (QED) is 0.919. The summed E-state index contributed by atoms with van der Waals surface area (Å²) in [4.78, 5) is 4.46. The topological polar surface area (TPSA) is 64.1 Å². The fourth-order valence-corrected chi connectivity index (χ4v) is 2.41. The first-order valence-electron chi connectivity index (χ1n) is 7.03. The van der Waals surface area contributed by atoms with E-state index in [9.17, 15) is 0 Å². The third-order valence-electron chi connectivity index (χ3n) is 3.53. The summed E-state index contributed by atoms with van der Waals surface area (Å²) in [7, 11) is 0. The third-order valence-corrected chi connectivity index (χ3v) is 3.53. The van der Waals surface area contributed by atoms with Crippen LogP contribution in [0.25, 0.3) is 11.7 Å². The van der Waals surface area contributed by atoms with Crippen LogP contribution in [0.15, 0.2) is 21.1 Å². The van der Waals surface area contributed by atoms with Crippen molar-refractivity contribution in [3.8, 4) is 11.7 Å². The first-order chi connectivity index (χ1) is 9.36. The van der Waals surface area contributed by atoms with Crippen molar-refractivity contribution in [3.05, 3.63) is 23.7 Å². The molecule has 0 aliphatic carbocycles. The van der Waals surface area contributed by atoms with Crippen LogP contribution in [-0.4, -0.2) is 16.7 Å². The number of nitrogens with zero attached hydrogens (tertiary/aromatic N) is 2. The maximum atomic E-state index is 5.63. The molecule has 1 N–H and O–H groups in total. The molecular formula is C14H19N3O2. The van der Waals surface area contributed by atoms with Crippen LogP contribution in [0, 0.1) is 0 Å². The molecule has 1 aliphatic heterocycles. The minimum Gasteiger partial charge on any atom is -0.456 e. The molecule has 102 valence electrons. The Labute approximate surface area is 112 Å². The minimum absolute atomic E-state index is 0.209. The second kappa shape index (κ2) is 5.57. The summed E-state index contributed by atoms with van der Waals surface area (Å²) >= 11 is 0. The molecule has 0 bridgehead atoms. The highest BCUT2D eigenvalue weighted by Gasteiger charge is 2.21. The molecule has 5 heteroatoms. The van der Waals surface area contributed by atoms with Gasteiger partial charge in [0.25, 0.3) is 5.89 Å². The van der Waals surface area contributed by atoms with Crippen molar-refractivity contribution in [3.63, 3.8) is 0 Å². The van der Waals surface area contributed by atoms with Crippen molar-refractivity contribution in [1.29, 1.82) is 0 Å². The third kappa shape index (κ3) is 2.71. The normalized spacial score (nSPS) is 20.4. The van der Waals surface area contributed by atoms with Crippen molar-refractivity contribution < 1.29 is 8.94 Å². The van der Waals surface area contributed by atoms with Gasteiger partial charge in [0.05, 0.1) is 6.04 Å².